The molecule has 6 nitrogen and oxygen atoms in total. The minimum absolute atomic E-state index is 0.170. The van der Waals surface area contributed by atoms with Crippen molar-refractivity contribution in [3.8, 4) is 0 Å². The third-order valence-corrected chi connectivity index (χ3v) is 5.57. The van der Waals surface area contributed by atoms with Crippen molar-refractivity contribution >= 4 is 17.8 Å². The molecule has 1 saturated heterocycles. The first-order valence-corrected chi connectivity index (χ1v) is 9.99. The minimum Gasteiger partial charge on any atom is -0.452 e. The molecule has 152 valence electrons. The van der Waals surface area contributed by atoms with Crippen molar-refractivity contribution in [2.75, 3.05) is 13.1 Å². The number of carbonyl (C=O) groups excluding carboxylic acids is 3. The van der Waals surface area contributed by atoms with Crippen molar-refractivity contribution in [3.63, 3.8) is 0 Å². The summed E-state index contributed by atoms with van der Waals surface area (Å²) in [6.07, 6.45) is 4.36. The number of piperidine rings is 1. The number of esters is 1. The molecule has 2 aliphatic rings. The first-order chi connectivity index (χ1) is 13.4. The van der Waals surface area contributed by atoms with Crippen LogP contribution in [-0.4, -0.2) is 47.9 Å². The third kappa shape index (κ3) is 5.09. The summed E-state index contributed by atoms with van der Waals surface area (Å²) in [7, 11) is 0. The quantitative estimate of drug-likeness (QED) is 0.785. The Balaban J connectivity index is 1.44. The van der Waals surface area contributed by atoms with Gasteiger partial charge in [0.05, 0.1) is 5.92 Å². The van der Waals surface area contributed by atoms with Gasteiger partial charge in [0.15, 0.2) is 6.10 Å². The maximum absolute atomic E-state index is 13.0. The first kappa shape index (κ1) is 20.3. The Morgan fingerprint density at radius 1 is 1.07 bits per heavy atom. The summed E-state index contributed by atoms with van der Waals surface area (Å²) < 4.78 is 18.4. The largest absolute Gasteiger partial charge is 0.452 e. The average Bonchev–Trinajstić information content (AvgIpc) is 3.21. The zero-order valence-electron chi connectivity index (χ0n) is 16.2. The molecule has 0 bridgehead atoms. The van der Waals surface area contributed by atoms with Crippen molar-refractivity contribution < 1.29 is 23.5 Å². The number of nitrogens with one attached hydrogen (secondary N) is 1. The third-order valence-electron chi connectivity index (χ3n) is 5.57. The molecular formula is C21H27FN2O4. The molecule has 2 fully saturated rings. The molecule has 0 radical (unpaired) electrons. The van der Waals surface area contributed by atoms with Gasteiger partial charge in [0.25, 0.3) is 11.8 Å². The SMILES string of the molecule is CC(OC(=O)C1CCN(C(=O)c2ccc(F)cc2)CC1)C(=O)NC1CCCC1. The van der Waals surface area contributed by atoms with Crippen LogP contribution in [0.1, 0.15) is 55.8 Å². The summed E-state index contributed by atoms with van der Waals surface area (Å²) in [5.74, 6) is -1.51. The summed E-state index contributed by atoms with van der Waals surface area (Å²) in [4.78, 5) is 38.7. The highest BCUT2D eigenvalue weighted by Crippen LogP contribution is 2.22. The molecule has 2 amide bonds. The van der Waals surface area contributed by atoms with Gasteiger partial charge in [-0.05, 0) is 56.9 Å². The van der Waals surface area contributed by atoms with Crippen LogP contribution in [0.25, 0.3) is 0 Å². The van der Waals surface area contributed by atoms with E-state index in [2.05, 4.69) is 5.32 Å². The molecule has 1 aliphatic heterocycles. The van der Waals surface area contributed by atoms with Gasteiger partial charge in [-0.15, -0.1) is 0 Å². The van der Waals surface area contributed by atoms with Crippen molar-refractivity contribution in [1.29, 1.82) is 0 Å². The minimum atomic E-state index is -0.813. The second-order valence-corrected chi connectivity index (χ2v) is 7.64. The van der Waals surface area contributed by atoms with Crippen LogP contribution in [0.15, 0.2) is 24.3 Å². The number of benzene rings is 1. The van der Waals surface area contributed by atoms with E-state index in [-0.39, 0.29) is 35.6 Å². The molecule has 1 saturated carbocycles. The number of nitrogens with zero attached hydrogens (tertiary/aromatic N) is 1. The van der Waals surface area contributed by atoms with Crippen molar-refractivity contribution in [3.05, 3.63) is 35.6 Å². The molecule has 1 N–H and O–H groups in total. The van der Waals surface area contributed by atoms with Crippen LogP contribution in [0, 0.1) is 11.7 Å². The van der Waals surface area contributed by atoms with Crippen LogP contribution in [0.3, 0.4) is 0 Å². The molecule has 1 atom stereocenters. The van der Waals surface area contributed by atoms with Gasteiger partial charge in [0.2, 0.25) is 0 Å². The number of hydrogen-bond acceptors (Lipinski definition) is 4. The highest BCUT2D eigenvalue weighted by Gasteiger charge is 2.31. The predicted octanol–water partition coefficient (Wildman–Crippen LogP) is 2.67. The number of halogens is 1. The van der Waals surface area contributed by atoms with Crippen molar-refractivity contribution in [2.45, 2.75) is 57.6 Å². The zero-order chi connectivity index (χ0) is 20.1. The van der Waals surface area contributed by atoms with Gasteiger partial charge < -0.3 is 15.0 Å². The Morgan fingerprint density at radius 2 is 1.68 bits per heavy atom. The highest BCUT2D eigenvalue weighted by molar-refractivity contribution is 5.94. The fraction of sp³-hybridized carbons (Fsp3) is 0.571. The Kier molecular flexibility index (Phi) is 6.65. The van der Waals surface area contributed by atoms with Crippen LogP contribution < -0.4 is 5.32 Å². The van der Waals surface area contributed by atoms with Crippen molar-refractivity contribution in [1.82, 2.24) is 10.2 Å². The highest BCUT2D eigenvalue weighted by atomic mass is 19.1. The number of carbonyl (C=O) groups is 3. The Hall–Kier alpha value is -2.44. The van der Waals surface area contributed by atoms with E-state index < -0.39 is 6.10 Å². The Morgan fingerprint density at radius 3 is 2.29 bits per heavy atom. The van der Waals surface area contributed by atoms with Crippen LogP contribution in [0.2, 0.25) is 0 Å². The van der Waals surface area contributed by atoms with Crippen LogP contribution >= 0.6 is 0 Å². The van der Waals surface area contributed by atoms with Crippen LogP contribution in [-0.2, 0) is 14.3 Å². The van der Waals surface area contributed by atoms with E-state index in [4.69, 9.17) is 4.74 Å². The number of ether oxygens (including phenoxy) is 1. The predicted molar refractivity (Wildman–Crippen MR) is 101 cm³/mol. The zero-order valence-corrected chi connectivity index (χ0v) is 16.2. The van der Waals surface area contributed by atoms with Gasteiger partial charge in [0, 0.05) is 24.7 Å². The fourth-order valence-corrected chi connectivity index (χ4v) is 3.81. The Bertz CT molecular complexity index is 708. The Labute approximate surface area is 164 Å². The standard InChI is InChI=1S/C21H27FN2O4/c1-14(19(25)23-18-4-2-3-5-18)28-21(27)16-10-12-24(13-11-16)20(26)15-6-8-17(22)9-7-15/h6-9,14,16,18H,2-5,10-13H2,1H3,(H,23,25). The van der Waals surface area contributed by atoms with Gasteiger partial charge in [-0.1, -0.05) is 12.8 Å². The number of hydrogen-bond donors (Lipinski definition) is 1. The lowest BCUT2D eigenvalue weighted by Crippen LogP contribution is -2.44. The van der Waals surface area contributed by atoms with E-state index in [0.717, 1.165) is 25.7 Å². The number of amides is 2. The van der Waals surface area contributed by atoms with Gasteiger partial charge in [-0.25, -0.2) is 4.39 Å². The molecule has 28 heavy (non-hydrogen) atoms. The van der Waals surface area contributed by atoms with Crippen LogP contribution in [0.5, 0.6) is 0 Å². The maximum Gasteiger partial charge on any atom is 0.309 e. The fourth-order valence-electron chi connectivity index (χ4n) is 3.81. The van der Waals surface area contributed by atoms with Gasteiger partial charge in [-0.2, -0.15) is 0 Å². The second-order valence-electron chi connectivity index (χ2n) is 7.64. The lowest BCUT2D eigenvalue weighted by Gasteiger charge is -2.31. The van der Waals surface area contributed by atoms with Gasteiger partial charge in [0.1, 0.15) is 5.82 Å². The topological polar surface area (TPSA) is 75.7 Å². The lowest BCUT2D eigenvalue weighted by atomic mass is 9.96. The van der Waals surface area contributed by atoms with E-state index in [0.29, 0.717) is 31.5 Å². The molecule has 1 aliphatic carbocycles. The summed E-state index contributed by atoms with van der Waals surface area (Å²) in [6, 6.07) is 5.63. The number of rotatable bonds is 5. The molecule has 0 spiro atoms. The summed E-state index contributed by atoms with van der Waals surface area (Å²) in [6.45, 7) is 2.45. The summed E-state index contributed by atoms with van der Waals surface area (Å²) in [5, 5.41) is 2.94. The molecule has 0 aromatic heterocycles. The summed E-state index contributed by atoms with van der Waals surface area (Å²) >= 11 is 0. The average molecular weight is 390 g/mol. The molecule has 1 aromatic carbocycles. The molecule has 1 unspecified atom stereocenters. The molecular weight excluding hydrogens is 363 g/mol. The van der Waals surface area contributed by atoms with E-state index in [1.165, 1.54) is 24.3 Å². The summed E-state index contributed by atoms with van der Waals surface area (Å²) in [5.41, 5.74) is 0.430. The smallest absolute Gasteiger partial charge is 0.309 e. The molecule has 1 aromatic rings. The van der Waals surface area contributed by atoms with Gasteiger partial charge in [-0.3, -0.25) is 14.4 Å². The van der Waals surface area contributed by atoms with Crippen LogP contribution in [0.4, 0.5) is 4.39 Å². The monoisotopic (exact) mass is 390 g/mol. The molecule has 1 heterocycles. The van der Waals surface area contributed by atoms with Crippen molar-refractivity contribution in [2.24, 2.45) is 5.92 Å². The normalized spacial score (nSPS) is 19.3. The first-order valence-electron chi connectivity index (χ1n) is 9.99. The second kappa shape index (κ2) is 9.17. The molecule has 7 heteroatoms. The van der Waals surface area contributed by atoms with E-state index in [9.17, 15) is 18.8 Å². The lowest BCUT2D eigenvalue weighted by molar-refractivity contribution is -0.160. The number of likely N-dealkylation sites (tertiary alicyclic amines) is 1. The van der Waals surface area contributed by atoms with Gasteiger partial charge >= 0.3 is 5.97 Å². The van der Waals surface area contributed by atoms with E-state index in [1.807, 2.05) is 0 Å². The van der Waals surface area contributed by atoms with E-state index >= 15 is 0 Å². The van der Waals surface area contributed by atoms with E-state index in [1.54, 1.807) is 11.8 Å². The maximum atomic E-state index is 13.0. The molecule has 3 rings (SSSR count).